The highest BCUT2D eigenvalue weighted by atomic mass is 35.5. The second kappa shape index (κ2) is 8.06. The van der Waals surface area contributed by atoms with E-state index >= 15 is 0 Å². The van der Waals surface area contributed by atoms with E-state index in [1.807, 2.05) is 35.2 Å². The van der Waals surface area contributed by atoms with Gasteiger partial charge < -0.3 is 15.0 Å². The fraction of sp³-hybridized carbons (Fsp3) is 0.316. The molecule has 0 aliphatic carbocycles. The number of halogens is 1. The number of para-hydroxylation sites is 1. The third-order valence-electron chi connectivity index (χ3n) is 4.11. The molecule has 0 fully saturated rings. The first kappa shape index (κ1) is 16.7. The summed E-state index contributed by atoms with van der Waals surface area (Å²) in [4.78, 5) is 14.1. The average Bonchev–Trinajstić information content (AvgIpc) is 2.62. The molecule has 0 saturated heterocycles. The van der Waals surface area contributed by atoms with Crippen molar-refractivity contribution in [3.63, 3.8) is 0 Å². The predicted octanol–water partition coefficient (Wildman–Crippen LogP) is 3.88. The highest BCUT2D eigenvalue weighted by molar-refractivity contribution is 6.32. The standard InChI is InChI=1S/C19H21ClN2O2/c20-17-8-3-4-9-18(17)24-13-5-11-21-19(23)22-12-10-15-6-1-2-7-16(15)14-22/h1-4,6-9H,5,10-14H2,(H,21,23). The van der Waals surface area contributed by atoms with Gasteiger partial charge in [-0.15, -0.1) is 0 Å². The van der Waals surface area contributed by atoms with Crippen molar-refractivity contribution in [3.8, 4) is 5.75 Å². The van der Waals surface area contributed by atoms with Crippen molar-refractivity contribution in [3.05, 3.63) is 64.7 Å². The molecule has 5 heteroatoms. The van der Waals surface area contributed by atoms with E-state index in [4.69, 9.17) is 16.3 Å². The van der Waals surface area contributed by atoms with Gasteiger partial charge in [-0.2, -0.15) is 0 Å². The summed E-state index contributed by atoms with van der Waals surface area (Å²) in [6, 6.07) is 15.7. The van der Waals surface area contributed by atoms with E-state index in [-0.39, 0.29) is 6.03 Å². The fourth-order valence-corrected chi connectivity index (χ4v) is 2.98. The molecule has 0 radical (unpaired) electrons. The predicted molar refractivity (Wildman–Crippen MR) is 95.5 cm³/mol. The maximum absolute atomic E-state index is 12.2. The van der Waals surface area contributed by atoms with Gasteiger partial charge in [0.15, 0.2) is 0 Å². The lowest BCUT2D eigenvalue weighted by Gasteiger charge is -2.29. The van der Waals surface area contributed by atoms with E-state index < -0.39 is 0 Å². The molecule has 0 bridgehead atoms. The summed E-state index contributed by atoms with van der Waals surface area (Å²) in [5, 5.41) is 3.56. The van der Waals surface area contributed by atoms with Crippen LogP contribution >= 0.6 is 11.6 Å². The second-order valence-electron chi connectivity index (χ2n) is 5.80. The Bertz CT molecular complexity index is 705. The minimum Gasteiger partial charge on any atom is -0.492 e. The van der Waals surface area contributed by atoms with Gasteiger partial charge >= 0.3 is 6.03 Å². The molecule has 1 aliphatic rings. The molecule has 0 aromatic heterocycles. The molecule has 24 heavy (non-hydrogen) atoms. The van der Waals surface area contributed by atoms with Gasteiger partial charge in [0, 0.05) is 19.6 Å². The van der Waals surface area contributed by atoms with E-state index in [1.165, 1.54) is 11.1 Å². The number of amides is 2. The van der Waals surface area contributed by atoms with E-state index in [1.54, 1.807) is 6.07 Å². The molecule has 1 aliphatic heterocycles. The zero-order valence-corrected chi connectivity index (χ0v) is 14.3. The Morgan fingerprint density at radius 2 is 1.88 bits per heavy atom. The number of hydrogen-bond donors (Lipinski definition) is 1. The Labute approximate surface area is 147 Å². The number of carbonyl (C=O) groups excluding carboxylic acids is 1. The Balaban J connectivity index is 1.38. The van der Waals surface area contributed by atoms with Crippen molar-refractivity contribution in [2.24, 2.45) is 0 Å². The third kappa shape index (κ3) is 4.20. The van der Waals surface area contributed by atoms with E-state index in [0.29, 0.717) is 30.5 Å². The van der Waals surface area contributed by atoms with Crippen LogP contribution < -0.4 is 10.1 Å². The number of fused-ring (bicyclic) bond motifs is 1. The molecule has 1 N–H and O–H groups in total. The van der Waals surface area contributed by atoms with Crippen LogP contribution in [0, 0.1) is 0 Å². The SMILES string of the molecule is O=C(NCCCOc1ccccc1Cl)N1CCc2ccccc2C1. The molecule has 2 aromatic rings. The molecule has 126 valence electrons. The van der Waals surface area contributed by atoms with Crippen LogP contribution in [0.15, 0.2) is 48.5 Å². The van der Waals surface area contributed by atoms with Gasteiger partial charge in [-0.05, 0) is 36.1 Å². The lowest BCUT2D eigenvalue weighted by Crippen LogP contribution is -2.43. The molecular formula is C19H21ClN2O2. The van der Waals surface area contributed by atoms with Crippen molar-refractivity contribution < 1.29 is 9.53 Å². The van der Waals surface area contributed by atoms with Crippen LogP contribution in [-0.4, -0.2) is 30.6 Å². The maximum atomic E-state index is 12.2. The summed E-state index contributed by atoms with van der Waals surface area (Å²) in [5.74, 6) is 0.679. The topological polar surface area (TPSA) is 41.6 Å². The Kier molecular flexibility index (Phi) is 5.59. The zero-order chi connectivity index (χ0) is 16.8. The smallest absolute Gasteiger partial charge is 0.317 e. The number of rotatable bonds is 5. The van der Waals surface area contributed by atoms with Crippen molar-refractivity contribution in [1.82, 2.24) is 10.2 Å². The van der Waals surface area contributed by atoms with Crippen LogP contribution in [0.5, 0.6) is 5.75 Å². The molecule has 3 rings (SSSR count). The van der Waals surface area contributed by atoms with Crippen LogP contribution in [0.25, 0.3) is 0 Å². The molecular weight excluding hydrogens is 324 g/mol. The monoisotopic (exact) mass is 344 g/mol. The van der Waals surface area contributed by atoms with Gasteiger partial charge in [0.25, 0.3) is 0 Å². The number of carbonyl (C=O) groups is 1. The summed E-state index contributed by atoms with van der Waals surface area (Å²) >= 11 is 6.03. The molecule has 0 saturated carbocycles. The van der Waals surface area contributed by atoms with Gasteiger partial charge in [0.05, 0.1) is 11.6 Å². The summed E-state index contributed by atoms with van der Waals surface area (Å²) in [6.45, 7) is 2.55. The minimum atomic E-state index is -0.0118. The van der Waals surface area contributed by atoms with Crippen LogP contribution in [-0.2, 0) is 13.0 Å². The number of ether oxygens (including phenoxy) is 1. The van der Waals surface area contributed by atoms with Crippen LogP contribution in [0.3, 0.4) is 0 Å². The first-order chi connectivity index (χ1) is 11.7. The average molecular weight is 345 g/mol. The number of nitrogens with one attached hydrogen (secondary N) is 1. The zero-order valence-electron chi connectivity index (χ0n) is 13.5. The van der Waals surface area contributed by atoms with E-state index in [9.17, 15) is 4.79 Å². The number of urea groups is 1. The molecule has 1 heterocycles. The Morgan fingerprint density at radius 3 is 2.71 bits per heavy atom. The summed E-state index contributed by atoms with van der Waals surface area (Å²) in [6.07, 6.45) is 1.65. The molecule has 0 unspecified atom stereocenters. The first-order valence-corrected chi connectivity index (χ1v) is 8.59. The van der Waals surface area contributed by atoms with Crippen LogP contribution in [0.2, 0.25) is 5.02 Å². The van der Waals surface area contributed by atoms with E-state index in [2.05, 4.69) is 17.4 Å². The van der Waals surface area contributed by atoms with Gasteiger partial charge in [-0.3, -0.25) is 0 Å². The lowest BCUT2D eigenvalue weighted by molar-refractivity contribution is 0.191. The summed E-state index contributed by atoms with van der Waals surface area (Å²) < 4.78 is 5.61. The van der Waals surface area contributed by atoms with Crippen LogP contribution in [0.4, 0.5) is 4.79 Å². The molecule has 2 aromatic carbocycles. The Hall–Kier alpha value is -2.20. The number of nitrogens with zero attached hydrogens (tertiary/aromatic N) is 1. The molecule has 0 spiro atoms. The first-order valence-electron chi connectivity index (χ1n) is 8.21. The van der Waals surface area contributed by atoms with E-state index in [0.717, 1.165) is 19.4 Å². The summed E-state index contributed by atoms with van der Waals surface area (Å²) in [7, 11) is 0. The normalized spacial score (nSPS) is 13.3. The van der Waals surface area contributed by atoms with Gasteiger partial charge in [-0.25, -0.2) is 4.79 Å². The number of benzene rings is 2. The molecule has 2 amide bonds. The third-order valence-corrected chi connectivity index (χ3v) is 4.42. The maximum Gasteiger partial charge on any atom is 0.317 e. The molecule has 0 atom stereocenters. The molecule has 4 nitrogen and oxygen atoms in total. The lowest BCUT2D eigenvalue weighted by atomic mass is 10.0. The van der Waals surface area contributed by atoms with Gasteiger partial charge in [-0.1, -0.05) is 48.0 Å². The highest BCUT2D eigenvalue weighted by Crippen LogP contribution is 2.23. The van der Waals surface area contributed by atoms with Crippen molar-refractivity contribution >= 4 is 17.6 Å². The summed E-state index contributed by atoms with van der Waals surface area (Å²) in [5.41, 5.74) is 2.58. The largest absolute Gasteiger partial charge is 0.492 e. The fourth-order valence-electron chi connectivity index (χ4n) is 2.79. The Morgan fingerprint density at radius 1 is 1.12 bits per heavy atom. The van der Waals surface area contributed by atoms with Crippen molar-refractivity contribution in [1.29, 1.82) is 0 Å². The minimum absolute atomic E-state index is 0.0118. The van der Waals surface area contributed by atoms with Gasteiger partial charge in [0.1, 0.15) is 5.75 Å². The van der Waals surface area contributed by atoms with Crippen molar-refractivity contribution in [2.75, 3.05) is 19.7 Å². The van der Waals surface area contributed by atoms with Gasteiger partial charge in [0.2, 0.25) is 0 Å². The number of hydrogen-bond acceptors (Lipinski definition) is 2. The quantitative estimate of drug-likeness (QED) is 0.836. The van der Waals surface area contributed by atoms with Crippen LogP contribution in [0.1, 0.15) is 17.5 Å². The highest BCUT2D eigenvalue weighted by Gasteiger charge is 2.19. The second-order valence-corrected chi connectivity index (χ2v) is 6.21. The van der Waals surface area contributed by atoms with Crippen molar-refractivity contribution in [2.45, 2.75) is 19.4 Å².